The number of hydrogen-bond donors (Lipinski definition) is 2. The average Bonchev–Trinajstić information content (AvgIpc) is 2.19. The van der Waals surface area contributed by atoms with Gasteiger partial charge in [-0.25, -0.2) is 0 Å². The topological polar surface area (TPSA) is 49.3 Å². The molecule has 3 nitrogen and oxygen atoms in total. The van der Waals surface area contributed by atoms with E-state index in [9.17, 15) is 4.79 Å². The number of anilines is 1. The second kappa shape index (κ2) is 4.24. The highest BCUT2D eigenvalue weighted by Crippen LogP contribution is 2.17. The fourth-order valence-electron chi connectivity index (χ4n) is 0.894. The molecule has 0 aromatic heterocycles. The van der Waals surface area contributed by atoms with E-state index < -0.39 is 5.41 Å². The van der Waals surface area contributed by atoms with Crippen molar-refractivity contribution < 1.29 is 9.90 Å². The minimum Gasteiger partial charge on any atom is -0.395 e. The van der Waals surface area contributed by atoms with Crippen LogP contribution in [-0.2, 0) is 4.79 Å². The second-order valence-corrected chi connectivity index (χ2v) is 3.86. The van der Waals surface area contributed by atoms with Crippen molar-refractivity contribution in [3.05, 3.63) is 30.3 Å². The van der Waals surface area contributed by atoms with Crippen molar-refractivity contribution in [3.63, 3.8) is 0 Å². The molecule has 1 aromatic rings. The van der Waals surface area contributed by atoms with Gasteiger partial charge < -0.3 is 10.4 Å². The lowest BCUT2D eigenvalue weighted by Crippen LogP contribution is -2.33. The van der Waals surface area contributed by atoms with Crippen molar-refractivity contribution in [3.8, 4) is 0 Å². The first-order valence-electron chi connectivity index (χ1n) is 4.53. The van der Waals surface area contributed by atoms with Gasteiger partial charge in [0, 0.05) is 5.69 Å². The highest BCUT2D eigenvalue weighted by Gasteiger charge is 2.26. The van der Waals surface area contributed by atoms with E-state index in [1.807, 2.05) is 30.3 Å². The van der Waals surface area contributed by atoms with Crippen LogP contribution in [-0.4, -0.2) is 17.6 Å². The Bertz CT molecular complexity index is 306. The minimum atomic E-state index is -0.740. The molecule has 76 valence electrons. The van der Waals surface area contributed by atoms with Gasteiger partial charge in [0.1, 0.15) is 0 Å². The number of benzene rings is 1. The van der Waals surface area contributed by atoms with Crippen molar-refractivity contribution in [2.75, 3.05) is 11.9 Å². The second-order valence-electron chi connectivity index (χ2n) is 3.86. The molecular formula is C11H15NO2. The van der Waals surface area contributed by atoms with E-state index in [1.54, 1.807) is 13.8 Å². The van der Waals surface area contributed by atoms with Crippen LogP contribution in [0.5, 0.6) is 0 Å². The Kier molecular flexibility index (Phi) is 3.25. The number of nitrogens with one attached hydrogen (secondary N) is 1. The summed E-state index contributed by atoms with van der Waals surface area (Å²) >= 11 is 0. The van der Waals surface area contributed by atoms with E-state index >= 15 is 0 Å². The van der Waals surface area contributed by atoms with Crippen LogP contribution in [0.1, 0.15) is 13.8 Å². The van der Waals surface area contributed by atoms with Crippen molar-refractivity contribution in [1.29, 1.82) is 0 Å². The van der Waals surface area contributed by atoms with E-state index in [0.29, 0.717) is 0 Å². The van der Waals surface area contributed by atoms with Gasteiger partial charge in [-0.05, 0) is 26.0 Å². The van der Waals surface area contributed by atoms with Crippen molar-refractivity contribution in [1.82, 2.24) is 0 Å². The van der Waals surface area contributed by atoms with E-state index in [4.69, 9.17) is 5.11 Å². The predicted molar refractivity (Wildman–Crippen MR) is 55.9 cm³/mol. The summed E-state index contributed by atoms with van der Waals surface area (Å²) in [6, 6.07) is 9.20. The zero-order chi connectivity index (χ0) is 10.6. The Labute approximate surface area is 83.8 Å². The Morgan fingerprint density at radius 3 is 2.43 bits per heavy atom. The monoisotopic (exact) mass is 193 g/mol. The Morgan fingerprint density at radius 2 is 1.93 bits per heavy atom. The maximum atomic E-state index is 11.6. The molecule has 0 atom stereocenters. The molecule has 0 aliphatic carbocycles. The number of carbonyl (C=O) groups excluding carboxylic acids is 1. The number of para-hydroxylation sites is 1. The van der Waals surface area contributed by atoms with Crippen LogP contribution in [0.3, 0.4) is 0 Å². The molecule has 0 aliphatic heterocycles. The van der Waals surface area contributed by atoms with Gasteiger partial charge in [0.2, 0.25) is 5.91 Å². The highest BCUT2D eigenvalue weighted by atomic mass is 16.3. The van der Waals surface area contributed by atoms with Gasteiger partial charge in [-0.3, -0.25) is 4.79 Å². The smallest absolute Gasteiger partial charge is 0.232 e. The van der Waals surface area contributed by atoms with Gasteiger partial charge in [0.15, 0.2) is 0 Å². The highest BCUT2D eigenvalue weighted by molar-refractivity contribution is 5.94. The molecule has 1 aromatic carbocycles. The summed E-state index contributed by atoms with van der Waals surface area (Å²) in [5.41, 5.74) is 0.00886. The predicted octanol–water partition coefficient (Wildman–Crippen LogP) is 1.64. The van der Waals surface area contributed by atoms with E-state index in [1.165, 1.54) is 0 Å². The Balaban J connectivity index is 2.67. The standard InChI is InChI=1S/C11H15NO2/c1-11(2,8-13)10(14)12-9-6-4-3-5-7-9/h3-7,13H,8H2,1-2H3,(H,12,14). The lowest BCUT2D eigenvalue weighted by atomic mass is 9.93. The normalized spacial score (nSPS) is 11.1. The van der Waals surface area contributed by atoms with Gasteiger partial charge in [0.05, 0.1) is 12.0 Å². The third-order valence-electron chi connectivity index (χ3n) is 2.04. The summed E-state index contributed by atoms with van der Waals surface area (Å²) in [6.07, 6.45) is 0. The molecule has 14 heavy (non-hydrogen) atoms. The molecule has 0 bridgehead atoms. The van der Waals surface area contributed by atoms with Gasteiger partial charge >= 0.3 is 0 Å². The van der Waals surface area contributed by atoms with Crippen LogP contribution >= 0.6 is 0 Å². The number of amides is 1. The minimum absolute atomic E-state index is 0.161. The van der Waals surface area contributed by atoms with Crippen LogP contribution in [0, 0.1) is 5.41 Å². The number of aliphatic hydroxyl groups excluding tert-OH is 1. The largest absolute Gasteiger partial charge is 0.395 e. The van der Waals surface area contributed by atoms with Gasteiger partial charge in [-0.1, -0.05) is 18.2 Å². The summed E-state index contributed by atoms with van der Waals surface area (Å²) in [4.78, 5) is 11.6. The Hall–Kier alpha value is -1.35. The van der Waals surface area contributed by atoms with Crippen LogP contribution in [0.15, 0.2) is 30.3 Å². The van der Waals surface area contributed by atoms with Crippen LogP contribution in [0.2, 0.25) is 0 Å². The lowest BCUT2D eigenvalue weighted by Gasteiger charge is -2.20. The number of aliphatic hydroxyl groups is 1. The lowest BCUT2D eigenvalue weighted by molar-refractivity contribution is -0.125. The molecule has 0 spiro atoms. The number of hydrogen-bond acceptors (Lipinski definition) is 2. The molecule has 0 fully saturated rings. The summed E-state index contributed by atoms with van der Waals surface area (Å²) in [5, 5.41) is 11.7. The molecule has 0 saturated heterocycles. The first-order valence-corrected chi connectivity index (χ1v) is 4.53. The van der Waals surface area contributed by atoms with Crippen LogP contribution in [0.4, 0.5) is 5.69 Å². The van der Waals surface area contributed by atoms with Crippen LogP contribution in [0.25, 0.3) is 0 Å². The fourth-order valence-corrected chi connectivity index (χ4v) is 0.894. The summed E-state index contributed by atoms with van der Waals surface area (Å²) in [7, 11) is 0. The van der Waals surface area contributed by atoms with Gasteiger partial charge in [-0.2, -0.15) is 0 Å². The zero-order valence-corrected chi connectivity index (χ0v) is 8.45. The van der Waals surface area contributed by atoms with E-state index in [2.05, 4.69) is 5.32 Å². The molecule has 1 amide bonds. The van der Waals surface area contributed by atoms with Crippen LogP contribution < -0.4 is 5.32 Å². The average molecular weight is 193 g/mol. The third-order valence-corrected chi connectivity index (χ3v) is 2.04. The summed E-state index contributed by atoms with van der Waals surface area (Å²) in [5.74, 6) is -0.175. The fraction of sp³-hybridized carbons (Fsp3) is 0.364. The first kappa shape index (κ1) is 10.7. The maximum absolute atomic E-state index is 11.6. The SMILES string of the molecule is CC(C)(CO)C(=O)Nc1ccccc1. The van der Waals surface area contributed by atoms with E-state index in [-0.39, 0.29) is 12.5 Å². The van der Waals surface area contributed by atoms with Gasteiger partial charge in [0.25, 0.3) is 0 Å². The zero-order valence-electron chi connectivity index (χ0n) is 8.45. The molecular weight excluding hydrogens is 178 g/mol. The van der Waals surface area contributed by atoms with Crippen molar-refractivity contribution in [2.45, 2.75) is 13.8 Å². The third kappa shape index (κ3) is 2.57. The molecule has 0 heterocycles. The molecule has 1 rings (SSSR count). The number of carbonyl (C=O) groups is 1. The quantitative estimate of drug-likeness (QED) is 0.766. The summed E-state index contributed by atoms with van der Waals surface area (Å²) < 4.78 is 0. The number of rotatable bonds is 3. The molecule has 0 radical (unpaired) electrons. The maximum Gasteiger partial charge on any atom is 0.232 e. The van der Waals surface area contributed by atoms with Gasteiger partial charge in [-0.15, -0.1) is 0 Å². The molecule has 2 N–H and O–H groups in total. The Morgan fingerprint density at radius 1 is 1.36 bits per heavy atom. The molecule has 3 heteroatoms. The van der Waals surface area contributed by atoms with E-state index in [0.717, 1.165) is 5.69 Å². The molecule has 0 unspecified atom stereocenters. The van der Waals surface area contributed by atoms with Crippen molar-refractivity contribution in [2.24, 2.45) is 5.41 Å². The first-order chi connectivity index (χ1) is 6.56. The van der Waals surface area contributed by atoms with Crippen molar-refractivity contribution >= 4 is 11.6 Å². The molecule has 0 saturated carbocycles. The molecule has 0 aliphatic rings. The summed E-state index contributed by atoms with van der Waals surface area (Å²) in [6.45, 7) is 3.24.